The number of hydrogen-bond acceptors (Lipinski definition) is 4. The van der Waals surface area contributed by atoms with Crippen LogP contribution in [0.5, 0.6) is 0 Å². The number of piperidine rings is 1. The highest BCUT2D eigenvalue weighted by atomic mass is 16.1. The largest absolute Gasteiger partial charge is 0.351 e. The number of fused-ring (bicyclic) bond motifs is 1. The van der Waals surface area contributed by atoms with Crippen molar-refractivity contribution in [3.05, 3.63) is 64.4 Å². The summed E-state index contributed by atoms with van der Waals surface area (Å²) in [6, 6.07) is 14.7. The van der Waals surface area contributed by atoms with Gasteiger partial charge in [0.25, 0.3) is 11.5 Å². The minimum Gasteiger partial charge on any atom is -0.351 e. The average Bonchev–Trinajstić information content (AvgIpc) is 2.75. The molecule has 1 aromatic heterocycles. The molecule has 0 bridgehead atoms. The van der Waals surface area contributed by atoms with Crippen molar-refractivity contribution in [3.8, 4) is 11.3 Å². The van der Waals surface area contributed by atoms with Gasteiger partial charge in [-0.3, -0.25) is 9.59 Å². The van der Waals surface area contributed by atoms with Gasteiger partial charge in [0.05, 0.1) is 11.1 Å². The van der Waals surface area contributed by atoms with E-state index in [9.17, 15) is 9.59 Å². The molecule has 1 fully saturated rings. The number of amides is 1. The van der Waals surface area contributed by atoms with Crippen molar-refractivity contribution in [3.63, 3.8) is 0 Å². The van der Waals surface area contributed by atoms with Crippen LogP contribution in [0.3, 0.4) is 0 Å². The molecule has 0 radical (unpaired) electrons. The number of nitrogens with zero attached hydrogens (tertiary/aromatic N) is 2. The Morgan fingerprint density at radius 3 is 2.64 bits per heavy atom. The van der Waals surface area contributed by atoms with Crippen molar-refractivity contribution in [1.82, 2.24) is 20.4 Å². The van der Waals surface area contributed by atoms with Gasteiger partial charge in [0, 0.05) is 29.6 Å². The lowest BCUT2D eigenvalue weighted by molar-refractivity contribution is 0.0946. The molecule has 0 unspecified atom stereocenters. The first-order chi connectivity index (χ1) is 13.7. The molecular formula is C22H24N4O2. The van der Waals surface area contributed by atoms with E-state index in [-0.39, 0.29) is 11.5 Å². The lowest BCUT2D eigenvalue weighted by Gasteiger charge is -2.26. The zero-order valence-electron chi connectivity index (χ0n) is 15.8. The third-order valence-corrected chi connectivity index (χ3v) is 5.26. The zero-order valence-corrected chi connectivity index (χ0v) is 15.8. The van der Waals surface area contributed by atoms with E-state index in [2.05, 4.69) is 20.4 Å². The summed E-state index contributed by atoms with van der Waals surface area (Å²) in [7, 11) is 0. The monoisotopic (exact) mass is 376 g/mol. The first-order valence-corrected chi connectivity index (χ1v) is 9.81. The zero-order chi connectivity index (χ0) is 19.3. The van der Waals surface area contributed by atoms with Gasteiger partial charge in [-0.25, -0.2) is 5.10 Å². The fourth-order valence-corrected chi connectivity index (χ4v) is 3.76. The smallest absolute Gasteiger partial charge is 0.272 e. The molecule has 0 saturated carbocycles. The van der Waals surface area contributed by atoms with Gasteiger partial charge in [0.2, 0.25) is 0 Å². The van der Waals surface area contributed by atoms with E-state index in [1.807, 2.05) is 36.4 Å². The van der Waals surface area contributed by atoms with Crippen LogP contribution in [0.15, 0.2) is 53.3 Å². The molecule has 0 spiro atoms. The van der Waals surface area contributed by atoms with Crippen LogP contribution in [0.4, 0.5) is 0 Å². The van der Waals surface area contributed by atoms with E-state index in [0.717, 1.165) is 30.6 Å². The molecule has 0 aliphatic carbocycles. The highest BCUT2D eigenvalue weighted by molar-refractivity contribution is 5.98. The first-order valence-electron chi connectivity index (χ1n) is 9.81. The Morgan fingerprint density at radius 2 is 1.82 bits per heavy atom. The maximum atomic E-state index is 12.6. The molecule has 0 atom stereocenters. The Morgan fingerprint density at radius 1 is 1.04 bits per heavy atom. The topological polar surface area (TPSA) is 78.1 Å². The molecule has 1 aliphatic rings. The van der Waals surface area contributed by atoms with Crippen molar-refractivity contribution in [1.29, 1.82) is 0 Å². The third kappa shape index (κ3) is 3.97. The van der Waals surface area contributed by atoms with Crippen LogP contribution in [-0.4, -0.2) is 47.2 Å². The maximum absolute atomic E-state index is 12.6. The summed E-state index contributed by atoms with van der Waals surface area (Å²) in [6.45, 7) is 3.77. The Hall–Kier alpha value is -2.99. The molecule has 6 nitrogen and oxygen atoms in total. The molecule has 2 N–H and O–H groups in total. The lowest BCUT2D eigenvalue weighted by atomic mass is 10.0. The standard InChI is InChI=1S/C22H24N4O2/c27-21(23-11-14-26-12-4-1-5-13-26)17-8-6-7-16(15-17)20-18-9-2-3-10-19(18)22(28)25-24-20/h2-3,6-10,15H,1,4-5,11-14H2,(H,23,27)(H,25,28). The fraction of sp³-hybridized carbons (Fsp3) is 0.318. The number of likely N-dealkylation sites (tertiary alicyclic amines) is 1. The second kappa shape index (κ2) is 8.35. The number of aromatic amines is 1. The molecule has 2 heterocycles. The van der Waals surface area contributed by atoms with Gasteiger partial charge in [0.1, 0.15) is 0 Å². The quantitative estimate of drug-likeness (QED) is 0.718. The van der Waals surface area contributed by atoms with Crippen LogP contribution in [-0.2, 0) is 0 Å². The summed E-state index contributed by atoms with van der Waals surface area (Å²) in [5.41, 5.74) is 1.84. The van der Waals surface area contributed by atoms with E-state index in [4.69, 9.17) is 0 Å². The fourth-order valence-electron chi connectivity index (χ4n) is 3.76. The van der Waals surface area contributed by atoms with E-state index < -0.39 is 0 Å². The van der Waals surface area contributed by atoms with Gasteiger partial charge >= 0.3 is 0 Å². The number of benzene rings is 2. The summed E-state index contributed by atoms with van der Waals surface area (Å²) in [4.78, 5) is 27.0. The molecule has 6 heteroatoms. The van der Waals surface area contributed by atoms with Gasteiger partial charge in [-0.2, -0.15) is 5.10 Å². The number of aromatic nitrogens is 2. The van der Waals surface area contributed by atoms with Gasteiger partial charge in [-0.1, -0.05) is 36.8 Å². The summed E-state index contributed by atoms with van der Waals surface area (Å²) < 4.78 is 0. The minimum atomic E-state index is -0.217. The van der Waals surface area contributed by atoms with E-state index in [1.165, 1.54) is 19.3 Å². The SMILES string of the molecule is O=C(NCCN1CCCCC1)c1cccc(-c2n[nH]c(=O)c3ccccc23)c1. The number of hydrogen-bond donors (Lipinski definition) is 2. The van der Waals surface area contributed by atoms with Gasteiger partial charge in [-0.15, -0.1) is 0 Å². The molecule has 3 aromatic rings. The van der Waals surface area contributed by atoms with Crippen LogP contribution in [0.25, 0.3) is 22.0 Å². The summed E-state index contributed by atoms with van der Waals surface area (Å²) in [6.07, 6.45) is 3.80. The molecule has 144 valence electrons. The Labute approximate surface area is 163 Å². The number of carbonyl (C=O) groups excluding carboxylic acids is 1. The summed E-state index contributed by atoms with van der Waals surface area (Å²) in [5, 5.41) is 11.1. The summed E-state index contributed by atoms with van der Waals surface area (Å²) in [5.74, 6) is -0.0902. The Balaban J connectivity index is 1.51. The van der Waals surface area contributed by atoms with Gasteiger partial charge < -0.3 is 10.2 Å². The molecule has 1 saturated heterocycles. The van der Waals surface area contributed by atoms with Gasteiger partial charge in [0.15, 0.2) is 0 Å². The van der Waals surface area contributed by atoms with Crippen molar-refractivity contribution in [2.24, 2.45) is 0 Å². The number of carbonyl (C=O) groups is 1. The van der Waals surface area contributed by atoms with Gasteiger partial charge in [-0.05, 0) is 44.1 Å². The predicted octanol–water partition coefficient (Wildman–Crippen LogP) is 2.81. The molecule has 1 amide bonds. The predicted molar refractivity (Wildman–Crippen MR) is 110 cm³/mol. The molecule has 4 rings (SSSR count). The molecular weight excluding hydrogens is 352 g/mol. The highest BCUT2D eigenvalue weighted by Gasteiger charge is 2.13. The minimum absolute atomic E-state index is 0.0902. The van der Waals surface area contributed by atoms with E-state index in [0.29, 0.717) is 23.2 Å². The van der Waals surface area contributed by atoms with Crippen LogP contribution in [0, 0.1) is 0 Å². The average molecular weight is 376 g/mol. The maximum Gasteiger partial charge on any atom is 0.272 e. The molecule has 2 aromatic carbocycles. The summed E-state index contributed by atoms with van der Waals surface area (Å²) >= 11 is 0. The van der Waals surface area contributed by atoms with Crippen LogP contribution in [0.1, 0.15) is 29.6 Å². The Bertz CT molecular complexity index is 1040. The van der Waals surface area contributed by atoms with Crippen LogP contribution < -0.4 is 10.9 Å². The second-order valence-corrected chi connectivity index (χ2v) is 7.19. The second-order valence-electron chi connectivity index (χ2n) is 7.19. The van der Waals surface area contributed by atoms with Crippen molar-refractivity contribution < 1.29 is 4.79 Å². The lowest BCUT2D eigenvalue weighted by Crippen LogP contribution is -2.37. The van der Waals surface area contributed by atoms with Crippen molar-refractivity contribution in [2.75, 3.05) is 26.2 Å². The van der Waals surface area contributed by atoms with Crippen molar-refractivity contribution in [2.45, 2.75) is 19.3 Å². The van der Waals surface area contributed by atoms with E-state index in [1.54, 1.807) is 12.1 Å². The number of nitrogens with one attached hydrogen (secondary N) is 2. The highest BCUT2D eigenvalue weighted by Crippen LogP contribution is 2.24. The number of H-pyrrole nitrogens is 1. The van der Waals surface area contributed by atoms with Crippen LogP contribution in [0.2, 0.25) is 0 Å². The van der Waals surface area contributed by atoms with Crippen LogP contribution >= 0.6 is 0 Å². The first kappa shape index (κ1) is 18.4. The molecule has 1 aliphatic heterocycles. The molecule has 28 heavy (non-hydrogen) atoms. The normalized spacial score (nSPS) is 14.9. The Kier molecular flexibility index (Phi) is 5.48. The van der Waals surface area contributed by atoms with Crippen molar-refractivity contribution >= 4 is 16.7 Å². The van der Waals surface area contributed by atoms with E-state index >= 15 is 0 Å². The third-order valence-electron chi connectivity index (χ3n) is 5.26. The number of rotatable bonds is 5.